The SMILES string of the molecule is CC(=O)OCC1OC(OC2C(C)C(COC(C)=O)OC(OC3C(C)C(OC4C(COC(C)=O)OC(OC5C(COC(C)=O)OC(OCCCCCC[C@H](NC(=O)OCC6c7ccccc7-c7ccccc76)C(=O)O)C(C)C5C)C(C)C4C)OC(COC(C)=O)C3OC(C)=O)C2C)C(OC(C)=O)C(C)C1C. The van der Waals surface area contributed by atoms with E-state index in [1.807, 2.05) is 97.0 Å². The van der Waals surface area contributed by atoms with Crippen molar-refractivity contribution in [2.75, 3.05) is 46.2 Å². The molecule has 105 heavy (non-hydrogen) atoms. The van der Waals surface area contributed by atoms with Crippen molar-refractivity contribution in [2.24, 2.45) is 53.3 Å². The molecule has 0 bridgehead atoms. The number of fused-ring (bicyclic) bond motifs is 3. The number of benzene rings is 2. The van der Waals surface area contributed by atoms with Crippen molar-refractivity contribution >= 4 is 53.8 Å². The van der Waals surface area contributed by atoms with Gasteiger partial charge in [-0.15, -0.1) is 0 Å². The molecule has 1 aliphatic carbocycles. The van der Waals surface area contributed by atoms with Gasteiger partial charge >= 0.3 is 53.8 Å². The fourth-order valence-electron chi connectivity index (χ4n) is 14.9. The number of carboxylic acid groups (broad SMARTS) is 1. The van der Waals surface area contributed by atoms with E-state index in [0.29, 0.717) is 25.7 Å². The van der Waals surface area contributed by atoms with Crippen LogP contribution in [0.15, 0.2) is 48.5 Å². The first kappa shape index (κ1) is 83.7. The smallest absolute Gasteiger partial charge is 0.407 e. The minimum Gasteiger partial charge on any atom is -0.480 e. The molecule has 5 saturated heterocycles. The molecule has 29 heteroatoms. The second-order valence-corrected chi connectivity index (χ2v) is 28.9. The van der Waals surface area contributed by atoms with Crippen LogP contribution >= 0.6 is 0 Å². The molecule has 0 spiro atoms. The number of rotatable bonds is 32. The summed E-state index contributed by atoms with van der Waals surface area (Å²) in [5, 5.41) is 12.6. The van der Waals surface area contributed by atoms with Crippen LogP contribution in [0, 0.1) is 53.3 Å². The minimum absolute atomic E-state index is 0.0530. The number of carbonyl (C=O) groups excluding carboxylic acids is 8. The molecular formula is C76H109NO28. The number of unbranched alkanes of at least 4 members (excludes halogenated alkanes) is 3. The molecule has 5 heterocycles. The van der Waals surface area contributed by atoms with E-state index in [9.17, 15) is 48.3 Å². The van der Waals surface area contributed by atoms with Gasteiger partial charge in [0.05, 0.1) is 30.5 Å². The molecule has 25 unspecified atom stereocenters. The van der Waals surface area contributed by atoms with Gasteiger partial charge in [0.2, 0.25) is 0 Å². The summed E-state index contributed by atoms with van der Waals surface area (Å²) in [5.41, 5.74) is 4.24. The van der Waals surface area contributed by atoms with Crippen molar-refractivity contribution in [3.05, 3.63) is 59.7 Å². The van der Waals surface area contributed by atoms with Gasteiger partial charge in [-0.1, -0.05) is 130 Å². The Morgan fingerprint density at radius 2 is 0.752 bits per heavy atom. The summed E-state index contributed by atoms with van der Waals surface area (Å²) in [5.74, 6) is -9.91. The summed E-state index contributed by atoms with van der Waals surface area (Å²) >= 11 is 0. The van der Waals surface area contributed by atoms with Crippen LogP contribution in [-0.2, 0) is 124 Å². The molecule has 0 radical (unpaired) electrons. The average molecular weight is 1480 g/mol. The van der Waals surface area contributed by atoms with Gasteiger partial charge in [0.1, 0.15) is 70.1 Å². The highest BCUT2D eigenvalue weighted by Crippen LogP contribution is 2.47. The van der Waals surface area contributed by atoms with Crippen LogP contribution in [0.4, 0.5) is 4.79 Å². The molecule has 2 aromatic rings. The molecule has 0 saturated carbocycles. The van der Waals surface area contributed by atoms with E-state index in [2.05, 4.69) is 5.32 Å². The van der Waals surface area contributed by atoms with Gasteiger partial charge in [-0.3, -0.25) is 33.6 Å². The highest BCUT2D eigenvalue weighted by molar-refractivity contribution is 5.81. The number of carboxylic acids is 1. The predicted octanol–water partition coefficient (Wildman–Crippen LogP) is 8.51. The van der Waals surface area contributed by atoms with Gasteiger partial charge in [0, 0.05) is 96.5 Å². The van der Waals surface area contributed by atoms with E-state index in [1.165, 1.54) is 48.5 Å². The first-order valence-corrected chi connectivity index (χ1v) is 36.7. The summed E-state index contributed by atoms with van der Waals surface area (Å²) in [6, 6.07) is 14.7. The van der Waals surface area contributed by atoms with Gasteiger partial charge in [0.15, 0.2) is 43.7 Å². The molecule has 29 nitrogen and oxygen atoms in total. The monoisotopic (exact) mass is 1480 g/mol. The van der Waals surface area contributed by atoms with Crippen molar-refractivity contribution in [1.82, 2.24) is 5.32 Å². The molecule has 2 N–H and O–H groups in total. The Hall–Kier alpha value is -6.93. The summed E-state index contributed by atoms with van der Waals surface area (Å²) in [6.07, 6.45) is -14.3. The molecule has 2 aromatic carbocycles. The number of carbonyl (C=O) groups is 9. The number of aliphatic carboxylic acids is 1. The maximum absolute atomic E-state index is 13.2. The van der Waals surface area contributed by atoms with Gasteiger partial charge in [0.25, 0.3) is 0 Å². The molecule has 8 rings (SSSR count). The van der Waals surface area contributed by atoms with Crippen LogP contribution in [0.1, 0.15) is 160 Å². The molecule has 6 aliphatic rings. The maximum Gasteiger partial charge on any atom is 0.407 e. The van der Waals surface area contributed by atoms with E-state index in [4.69, 9.17) is 85.3 Å². The standard InChI is InChI=1S/C76H109NO28/c1-37-38(2)68(95-51(15)83)75(98-59(37)32-89-46(10)78)102-64-43(7)60(33-90-47(11)79)97-73(44(64)8)105-67-45(9)74(101-63(36-93-50(14)82)69(67)96-52(16)84)104-66-40(4)42(6)72(100-62(66)35-92-49(13)81)103-65-39(3)41(5)71(99-61(65)34-91-48(12)80)88-30-24-18-17-19-29-58(70(85)86)77-76(87)94-31-57-55-27-22-20-25-53(55)54-26-21-23-28-56(54)57/h20-23,25-28,37-45,57-69,71-75H,17-19,24,29-36H2,1-16H3,(H,77,87)(H,85,86)/t37?,38?,39?,40?,41?,42?,43?,44?,45?,58-,59?,60?,61?,62?,63?,64?,65?,66?,67?,68?,69?,71?,72?,73?,74?,75?/m0/s1. The average Bonchev–Trinajstić information content (AvgIpc) is 1.76. The van der Waals surface area contributed by atoms with Crippen molar-refractivity contribution in [1.29, 1.82) is 0 Å². The lowest BCUT2D eigenvalue weighted by atomic mass is 9.82. The Bertz CT molecular complexity index is 3210. The van der Waals surface area contributed by atoms with Crippen LogP contribution < -0.4 is 5.32 Å². The zero-order valence-corrected chi connectivity index (χ0v) is 63.2. The van der Waals surface area contributed by atoms with E-state index in [1.54, 1.807) is 13.8 Å². The molecule has 586 valence electrons. The molecule has 0 aromatic heterocycles. The number of nitrogens with one attached hydrogen (secondary N) is 1. The summed E-state index contributed by atoms with van der Waals surface area (Å²) in [6.45, 7) is 24.7. The second-order valence-electron chi connectivity index (χ2n) is 28.9. The van der Waals surface area contributed by atoms with Crippen molar-refractivity contribution in [2.45, 2.75) is 253 Å². The largest absolute Gasteiger partial charge is 0.480 e. The van der Waals surface area contributed by atoms with Gasteiger partial charge < -0.3 is 95.7 Å². The van der Waals surface area contributed by atoms with Gasteiger partial charge in [-0.2, -0.15) is 0 Å². The maximum atomic E-state index is 13.2. The lowest BCUT2D eigenvalue weighted by Crippen LogP contribution is -2.63. The lowest BCUT2D eigenvalue weighted by molar-refractivity contribution is -0.373. The highest BCUT2D eigenvalue weighted by atomic mass is 16.8. The zero-order chi connectivity index (χ0) is 76.7. The second kappa shape index (κ2) is 38.7. The Labute approximate surface area is 614 Å². The quantitative estimate of drug-likeness (QED) is 0.0393. The highest BCUT2D eigenvalue weighted by Gasteiger charge is 2.56. The van der Waals surface area contributed by atoms with E-state index in [0.717, 1.165) is 22.3 Å². The van der Waals surface area contributed by atoms with Crippen LogP contribution in [0.5, 0.6) is 0 Å². The number of hydrogen-bond acceptors (Lipinski definition) is 27. The fourth-order valence-corrected chi connectivity index (χ4v) is 14.9. The third kappa shape index (κ3) is 22.1. The normalized spacial score (nSPS) is 34.0. The van der Waals surface area contributed by atoms with E-state index >= 15 is 0 Å². The fraction of sp³-hybridized carbons (Fsp3) is 0.724. The number of amides is 1. The zero-order valence-electron chi connectivity index (χ0n) is 63.2. The van der Waals surface area contributed by atoms with Crippen molar-refractivity contribution < 1.29 is 134 Å². The summed E-state index contributed by atoms with van der Waals surface area (Å²) in [4.78, 5) is 113. The molecule has 26 atom stereocenters. The van der Waals surface area contributed by atoms with E-state index in [-0.39, 0.29) is 75.7 Å². The molecule has 5 fully saturated rings. The van der Waals surface area contributed by atoms with Crippen LogP contribution in [0.25, 0.3) is 11.1 Å². The minimum atomic E-state index is -1.29. The first-order chi connectivity index (χ1) is 49.8. The van der Waals surface area contributed by atoms with Gasteiger partial charge in [-0.05, 0) is 52.8 Å². The third-order valence-corrected chi connectivity index (χ3v) is 21.3. The van der Waals surface area contributed by atoms with Crippen LogP contribution in [-0.4, -0.2) is 210 Å². The topological polar surface area (TPSA) is 352 Å². The van der Waals surface area contributed by atoms with Crippen molar-refractivity contribution in [3.8, 4) is 11.1 Å². The molecular weight excluding hydrogens is 1370 g/mol. The Morgan fingerprint density at radius 1 is 0.371 bits per heavy atom. The van der Waals surface area contributed by atoms with Gasteiger partial charge in [-0.25, -0.2) is 9.59 Å². The number of hydrogen-bond donors (Lipinski definition) is 2. The van der Waals surface area contributed by atoms with Crippen molar-refractivity contribution in [3.63, 3.8) is 0 Å². The Balaban J connectivity index is 0.933. The summed E-state index contributed by atoms with van der Waals surface area (Å²) in [7, 11) is 0. The van der Waals surface area contributed by atoms with E-state index < -0.39 is 195 Å². The molecule has 5 aliphatic heterocycles. The Morgan fingerprint density at radius 3 is 1.25 bits per heavy atom. The first-order valence-electron chi connectivity index (χ1n) is 36.7. The van der Waals surface area contributed by atoms with Crippen LogP contribution in [0.3, 0.4) is 0 Å². The molecule has 1 amide bonds. The number of alkyl carbamates (subject to hydrolysis) is 1. The summed E-state index contributed by atoms with van der Waals surface area (Å²) < 4.78 is 113. The van der Waals surface area contributed by atoms with Crippen LogP contribution in [0.2, 0.25) is 0 Å². The number of esters is 7. The number of ether oxygens (including phenoxy) is 18. The predicted molar refractivity (Wildman–Crippen MR) is 368 cm³/mol. The Kier molecular flexibility index (Phi) is 30.9. The lowest BCUT2D eigenvalue weighted by Gasteiger charge is -2.52. The third-order valence-electron chi connectivity index (χ3n) is 21.3.